The third kappa shape index (κ3) is 6.32. The molecule has 2 aromatic carbocycles. The van der Waals surface area contributed by atoms with Crippen LogP contribution in [0.1, 0.15) is 36.0 Å². The van der Waals surface area contributed by atoms with Gasteiger partial charge in [-0.25, -0.2) is 17.6 Å². The number of ether oxygens (including phenoxy) is 1. The fraction of sp³-hybridized carbons (Fsp3) is 0.400. The van der Waals surface area contributed by atoms with Gasteiger partial charge in [0.15, 0.2) is 23.3 Å². The summed E-state index contributed by atoms with van der Waals surface area (Å²) in [5.74, 6) is -41.3. The van der Waals surface area contributed by atoms with Crippen LogP contribution in [0.2, 0.25) is 0 Å². The Hall–Kier alpha value is -3.90. The maximum Gasteiger partial charge on any atom is 0.460 e. The lowest BCUT2D eigenvalue weighted by molar-refractivity contribution is -0.440. The quantitative estimate of drug-likeness (QED) is 0.110. The van der Waals surface area contributed by atoms with Gasteiger partial charge < -0.3 is 4.74 Å². The molecule has 0 heterocycles. The van der Waals surface area contributed by atoms with E-state index >= 15 is 0 Å². The van der Waals surface area contributed by atoms with Gasteiger partial charge >= 0.3 is 35.8 Å². The Kier molecular flexibility index (Phi) is 10.1. The number of alkyl halides is 13. The highest BCUT2D eigenvalue weighted by atomic mass is 19.4. The van der Waals surface area contributed by atoms with Crippen LogP contribution in [0.3, 0.4) is 0 Å². The van der Waals surface area contributed by atoms with E-state index in [-0.39, 0.29) is 11.3 Å². The van der Waals surface area contributed by atoms with Crippen LogP contribution in [-0.4, -0.2) is 42.4 Å². The molecule has 2 aromatic rings. The molecule has 0 aromatic heterocycles. The molecular weight excluding hydrogens is 653 g/mol. The van der Waals surface area contributed by atoms with E-state index in [1.807, 2.05) is 5.92 Å². The summed E-state index contributed by atoms with van der Waals surface area (Å²) in [4.78, 5) is 0. The molecule has 242 valence electrons. The summed E-state index contributed by atoms with van der Waals surface area (Å²) < 4.78 is 231. The third-order valence-corrected chi connectivity index (χ3v) is 5.71. The lowest BCUT2D eigenvalue weighted by atomic mass is 9.92. The molecule has 0 N–H and O–H groups in total. The smallest absolute Gasteiger partial charge is 0.460 e. The second kappa shape index (κ2) is 12.2. The topological polar surface area (TPSA) is 33.0 Å². The van der Waals surface area contributed by atoms with Gasteiger partial charge in [0.05, 0.1) is 6.61 Å². The fourth-order valence-corrected chi connectivity index (χ4v) is 3.21. The minimum Gasteiger partial charge on any atom is -0.494 e. The molecule has 0 saturated carbocycles. The van der Waals surface area contributed by atoms with Gasteiger partial charge in [-0.1, -0.05) is 11.8 Å². The van der Waals surface area contributed by atoms with Gasteiger partial charge in [-0.05, 0) is 37.1 Å². The summed E-state index contributed by atoms with van der Waals surface area (Å²) in [5, 5.41) is 8.55. The molecule has 19 heteroatoms. The highest BCUT2D eigenvalue weighted by molar-refractivity contribution is 5.48. The van der Waals surface area contributed by atoms with E-state index in [1.54, 1.807) is 0 Å². The first kappa shape index (κ1) is 36.3. The Labute approximate surface area is 235 Å². The van der Waals surface area contributed by atoms with Gasteiger partial charge in [0.25, 0.3) is 0 Å². The average Bonchev–Trinajstić information content (AvgIpc) is 2.91. The number of rotatable bonds is 10. The Bertz CT molecular complexity index is 1430. The zero-order valence-electron chi connectivity index (χ0n) is 20.9. The second-order valence-corrected chi connectivity index (χ2v) is 8.70. The average molecular weight is 665 g/mol. The summed E-state index contributed by atoms with van der Waals surface area (Å²) in [5.41, 5.74) is -2.93. The molecule has 0 aliphatic rings. The lowest BCUT2D eigenvalue weighted by Gasteiger charge is -2.39. The Morgan fingerprint density at radius 2 is 1.02 bits per heavy atom. The number of hydrogen-bond acceptors (Lipinski definition) is 2. The molecule has 0 fully saturated rings. The van der Waals surface area contributed by atoms with Crippen LogP contribution in [0.15, 0.2) is 24.3 Å². The van der Waals surface area contributed by atoms with Crippen LogP contribution in [0.5, 0.6) is 5.75 Å². The second-order valence-electron chi connectivity index (χ2n) is 8.70. The van der Waals surface area contributed by atoms with Crippen LogP contribution in [0.25, 0.3) is 0 Å². The summed E-state index contributed by atoms with van der Waals surface area (Å²) in [6.45, 7) is -0.647. The molecule has 0 spiro atoms. The highest BCUT2D eigenvalue weighted by Gasteiger charge is 2.90. The van der Waals surface area contributed by atoms with Crippen molar-refractivity contribution in [2.75, 3.05) is 6.61 Å². The highest BCUT2D eigenvalue weighted by Crippen LogP contribution is 2.60. The molecule has 2 nitrogen and oxygen atoms in total. The number of nitriles is 1. The Balaban J connectivity index is 2.04. The minimum atomic E-state index is -7.97. The molecule has 0 unspecified atom stereocenters. The summed E-state index contributed by atoms with van der Waals surface area (Å²) >= 11 is 0. The third-order valence-electron chi connectivity index (χ3n) is 5.71. The van der Waals surface area contributed by atoms with Crippen molar-refractivity contribution in [3.8, 4) is 23.7 Å². The van der Waals surface area contributed by atoms with E-state index in [0.29, 0.717) is 0 Å². The summed E-state index contributed by atoms with van der Waals surface area (Å²) in [6, 6.07) is 5.25. The molecule has 0 radical (unpaired) electrons. The normalized spacial score (nSPS) is 13.3. The molecule has 0 atom stereocenters. The van der Waals surface area contributed by atoms with Gasteiger partial charge in [-0.3, -0.25) is 0 Å². The van der Waals surface area contributed by atoms with Crippen LogP contribution < -0.4 is 4.74 Å². The number of unbranched alkanes of at least 4 members (excludes halogenated alkanes) is 1. The van der Waals surface area contributed by atoms with Crippen molar-refractivity contribution in [2.24, 2.45) is 0 Å². The van der Waals surface area contributed by atoms with Crippen LogP contribution in [0, 0.1) is 46.4 Å². The predicted molar refractivity (Wildman–Crippen MR) is 114 cm³/mol. The van der Waals surface area contributed by atoms with Crippen molar-refractivity contribution in [2.45, 2.75) is 55.1 Å². The first-order valence-corrected chi connectivity index (χ1v) is 11.4. The van der Waals surface area contributed by atoms with E-state index in [1.165, 1.54) is 0 Å². The molecule has 0 aliphatic heterocycles. The molecule has 0 aliphatic carbocycles. The number of hydrogen-bond donors (Lipinski definition) is 0. The van der Waals surface area contributed by atoms with E-state index in [0.717, 1.165) is 30.3 Å². The monoisotopic (exact) mass is 665 g/mol. The molecule has 0 saturated heterocycles. The largest absolute Gasteiger partial charge is 0.494 e. The lowest BCUT2D eigenvalue weighted by Crippen LogP contribution is -2.70. The molecular formula is C25H12F17NO. The van der Waals surface area contributed by atoms with Crippen molar-refractivity contribution in [1.29, 1.82) is 5.26 Å². The van der Waals surface area contributed by atoms with Gasteiger partial charge in [-0.2, -0.15) is 62.3 Å². The molecule has 2 rings (SSSR count). The van der Waals surface area contributed by atoms with Gasteiger partial charge in [0.2, 0.25) is 0 Å². The maximum atomic E-state index is 13.9. The predicted octanol–water partition coefficient (Wildman–Crippen LogP) is 8.80. The van der Waals surface area contributed by atoms with Gasteiger partial charge in [-0.15, -0.1) is 0 Å². The van der Waals surface area contributed by atoms with Crippen molar-refractivity contribution in [3.05, 3.63) is 64.2 Å². The van der Waals surface area contributed by atoms with E-state index in [9.17, 15) is 74.6 Å². The van der Waals surface area contributed by atoms with Crippen LogP contribution >= 0.6 is 0 Å². The van der Waals surface area contributed by atoms with Crippen LogP contribution in [-0.2, 0) is 0 Å². The van der Waals surface area contributed by atoms with E-state index in [4.69, 9.17) is 10.00 Å². The molecule has 44 heavy (non-hydrogen) atoms. The summed E-state index contributed by atoms with van der Waals surface area (Å²) in [6.07, 6.45) is -11.8. The van der Waals surface area contributed by atoms with Gasteiger partial charge in [0, 0.05) is 12.0 Å². The van der Waals surface area contributed by atoms with Crippen molar-refractivity contribution < 1.29 is 79.4 Å². The Morgan fingerprint density at radius 1 is 0.568 bits per heavy atom. The van der Waals surface area contributed by atoms with Crippen molar-refractivity contribution in [1.82, 2.24) is 0 Å². The molecule has 0 amide bonds. The fourth-order valence-electron chi connectivity index (χ4n) is 3.21. The zero-order valence-corrected chi connectivity index (χ0v) is 20.9. The van der Waals surface area contributed by atoms with E-state index < -0.39 is 96.1 Å². The Morgan fingerprint density at radius 3 is 1.48 bits per heavy atom. The van der Waals surface area contributed by atoms with Gasteiger partial charge in [0.1, 0.15) is 22.9 Å². The SMILES string of the molecule is N#Cc1c(F)c(F)c(C#Cc2ccc(OCCCCC(F)(F)C(F)(F)C(F)(F)C(F)(F)C(F)(F)C(F)(F)F)cc2)c(F)c1F. The van der Waals surface area contributed by atoms with Crippen molar-refractivity contribution >= 4 is 0 Å². The number of nitrogens with zero attached hydrogens (tertiary/aromatic N) is 1. The minimum absolute atomic E-state index is 0.0583. The zero-order chi connectivity index (χ0) is 34.1. The van der Waals surface area contributed by atoms with Crippen LogP contribution in [0.4, 0.5) is 74.6 Å². The maximum absolute atomic E-state index is 13.9. The standard InChI is InChI=1S/C25H12F17NO/c26-16-14(17(27)19(29)15(11-43)18(16)28)8-5-12-3-6-13(7-4-12)44-10-2-1-9-20(30,31)21(32,33)22(34,35)23(36,37)24(38,39)25(40,41)42/h3-4,6-7H,1-2,9-10H2. The number of halogens is 17. The van der Waals surface area contributed by atoms with Crippen molar-refractivity contribution in [3.63, 3.8) is 0 Å². The summed E-state index contributed by atoms with van der Waals surface area (Å²) in [7, 11) is 0. The number of benzene rings is 2. The molecule has 0 bridgehead atoms. The first-order chi connectivity index (χ1) is 19.9. The first-order valence-electron chi connectivity index (χ1n) is 11.4. The van der Waals surface area contributed by atoms with E-state index in [2.05, 4.69) is 5.92 Å².